The maximum atomic E-state index is 5.72. The SMILES string of the molecule is CCN1C(=CC=C2OC(=S)N(CC)C2I)Sc2ccccc21. The van der Waals surface area contributed by atoms with E-state index < -0.39 is 0 Å². The summed E-state index contributed by atoms with van der Waals surface area (Å²) in [6.07, 6.45) is 4.19. The second-order valence-electron chi connectivity index (χ2n) is 4.88. The molecule has 0 saturated carbocycles. The Kier molecular flexibility index (Phi) is 4.99. The summed E-state index contributed by atoms with van der Waals surface area (Å²) in [4.78, 5) is 5.71. The van der Waals surface area contributed by atoms with Gasteiger partial charge in [-0.05, 0) is 72.9 Å². The molecule has 0 spiro atoms. The lowest BCUT2D eigenvalue weighted by atomic mass is 10.3. The van der Waals surface area contributed by atoms with Crippen LogP contribution in [0.2, 0.25) is 0 Å². The molecule has 0 bridgehead atoms. The third kappa shape index (κ3) is 2.88. The molecule has 1 aromatic carbocycles. The quantitative estimate of drug-likeness (QED) is 0.289. The molecule has 0 N–H and O–H groups in total. The van der Waals surface area contributed by atoms with E-state index in [1.54, 1.807) is 11.8 Å². The highest BCUT2D eigenvalue weighted by molar-refractivity contribution is 14.1. The first-order valence-electron chi connectivity index (χ1n) is 7.24. The van der Waals surface area contributed by atoms with Crippen LogP contribution in [0.3, 0.4) is 0 Å². The molecule has 0 radical (unpaired) electrons. The van der Waals surface area contributed by atoms with Gasteiger partial charge in [-0.3, -0.25) is 0 Å². The van der Waals surface area contributed by atoms with Crippen molar-refractivity contribution >= 4 is 57.4 Å². The first-order valence-corrected chi connectivity index (χ1v) is 9.71. The van der Waals surface area contributed by atoms with Crippen molar-refractivity contribution in [1.29, 1.82) is 0 Å². The third-order valence-corrected chi connectivity index (χ3v) is 6.37. The highest BCUT2D eigenvalue weighted by Crippen LogP contribution is 2.45. The van der Waals surface area contributed by atoms with Gasteiger partial charge in [0.15, 0.2) is 0 Å². The van der Waals surface area contributed by atoms with Gasteiger partial charge in [0.2, 0.25) is 0 Å². The fraction of sp³-hybridized carbons (Fsp3) is 0.312. The maximum absolute atomic E-state index is 5.72. The number of allylic oxidation sites excluding steroid dienone is 2. The van der Waals surface area contributed by atoms with Crippen molar-refractivity contribution in [3.63, 3.8) is 0 Å². The first-order chi connectivity index (χ1) is 10.7. The van der Waals surface area contributed by atoms with E-state index in [1.807, 2.05) is 0 Å². The number of ether oxygens (including phenoxy) is 1. The zero-order chi connectivity index (χ0) is 15.7. The van der Waals surface area contributed by atoms with E-state index >= 15 is 0 Å². The molecule has 2 heterocycles. The Morgan fingerprint density at radius 2 is 2.05 bits per heavy atom. The highest BCUT2D eigenvalue weighted by Gasteiger charge is 2.31. The van der Waals surface area contributed by atoms with Gasteiger partial charge in [0.05, 0.1) is 10.7 Å². The van der Waals surface area contributed by atoms with E-state index in [0.29, 0.717) is 5.17 Å². The lowest BCUT2D eigenvalue weighted by molar-refractivity contribution is 0.439. The Hall–Kier alpha value is -0.730. The summed E-state index contributed by atoms with van der Waals surface area (Å²) < 4.78 is 5.90. The topological polar surface area (TPSA) is 15.7 Å². The van der Waals surface area contributed by atoms with Crippen molar-refractivity contribution in [3.8, 4) is 0 Å². The molecule has 1 aromatic rings. The lowest BCUT2D eigenvalue weighted by Gasteiger charge is -2.17. The maximum Gasteiger partial charge on any atom is 0.265 e. The second kappa shape index (κ2) is 6.80. The normalized spacial score (nSPS) is 24.3. The van der Waals surface area contributed by atoms with Gasteiger partial charge in [0.1, 0.15) is 9.81 Å². The van der Waals surface area contributed by atoms with Crippen LogP contribution < -0.4 is 4.90 Å². The van der Waals surface area contributed by atoms with E-state index in [0.717, 1.165) is 18.8 Å². The number of alkyl halides is 1. The standard InChI is InChI=1S/C16H17IN2OS2/c1-3-18-11-7-5-6-8-13(11)22-14(18)10-9-12-15(17)19(4-2)16(21)20-12/h5-10,15H,3-4H2,1-2H3. The highest BCUT2D eigenvalue weighted by atomic mass is 127. The van der Waals surface area contributed by atoms with Crippen molar-refractivity contribution in [1.82, 2.24) is 4.90 Å². The summed E-state index contributed by atoms with van der Waals surface area (Å²) in [5.74, 6) is 0.910. The van der Waals surface area contributed by atoms with E-state index in [1.165, 1.54) is 15.6 Å². The molecule has 116 valence electrons. The Balaban J connectivity index is 1.85. The van der Waals surface area contributed by atoms with E-state index in [4.69, 9.17) is 17.0 Å². The van der Waals surface area contributed by atoms with Crippen LogP contribution >= 0.6 is 46.6 Å². The third-order valence-electron chi connectivity index (χ3n) is 3.63. The van der Waals surface area contributed by atoms with Crippen LogP contribution in [0.4, 0.5) is 5.69 Å². The van der Waals surface area contributed by atoms with Gasteiger partial charge in [0.25, 0.3) is 5.17 Å². The van der Waals surface area contributed by atoms with Crippen molar-refractivity contribution in [3.05, 3.63) is 47.2 Å². The fourth-order valence-electron chi connectivity index (χ4n) is 2.51. The number of halogens is 1. The van der Waals surface area contributed by atoms with Gasteiger partial charge >= 0.3 is 0 Å². The van der Waals surface area contributed by atoms with Crippen LogP contribution in [-0.2, 0) is 4.74 Å². The smallest absolute Gasteiger partial charge is 0.265 e. The zero-order valence-corrected chi connectivity index (χ0v) is 16.2. The van der Waals surface area contributed by atoms with E-state index in [2.05, 4.69) is 82.7 Å². The zero-order valence-electron chi connectivity index (χ0n) is 12.5. The molecule has 2 aliphatic heterocycles. The molecule has 0 aliphatic carbocycles. The van der Waals surface area contributed by atoms with Crippen LogP contribution in [-0.4, -0.2) is 27.2 Å². The number of thiocarbonyl (C=S) groups is 1. The predicted molar refractivity (Wildman–Crippen MR) is 105 cm³/mol. The number of anilines is 1. The van der Waals surface area contributed by atoms with Crippen LogP contribution in [0.15, 0.2) is 52.1 Å². The molecular weight excluding hydrogens is 427 g/mol. The van der Waals surface area contributed by atoms with Gasteiger partial charge in [-0.1, -0.05) is 23.9 Å². The number of para-hydroxylation sites is 1. The van der Waals surface area contributed by atoms with Gasteiger partial charge in [-0.15, -0.1) is 0 Å². The van der Waals surface area contributed by atoms with Crippen molar-refractivity contribution < 1.29 is 4.74 Å². The average molecular weight is 444 g/mol. The lowest BCUT2D eigenvalue weighted by Crippen LogP contribution is -2.28. The van der Waals surface area contributed by atoms with Crippen molar-refractivity contribution in [2.75, 3.05) is 18.0 Å². The minimum atomic E-state index is 0.177. The number of benzene rings is 1. The molecule has 0 amide bonds. The van der Waals surface area contributed by atoms with Crippen LogP contribution in [0.5, 0.6) is 0 Å². The number of nitrogens with zero attached hydrogens (tertiary/aromatic N) is 2. The Labute approximate surface area is 154 Å². The van der Waals surface area contributed by atoms with Gasteiger partial charge in [-0.2, -0.15) is 0 Å². The molecule has 0 aromatic heterocycles. The van der Waals surface area contributed by atoms with Crippen LogP contribution in [0.1, 0.15) is 13.8 Å². The summed E-state index contributed by atoms with van der Waals surface area (Å²) in [6, 6.07) is 8.50. The monoisotopic (exact) mass is 444 g/mol. The molecule has 3 nitrogen and oxygen atoms in total. The Morgan fingerprint density at radius 1 is 1.27 bits per heavy atom. The molecule has 1 unspecified atom stereocenters. The molecule has 1 saturated heterocycles. The molecular formula is C16H17IN2OS2. The van der Waals surface area contributed by atoms with Gasteiger partial charge in [-0.25, -0.2) is 0 Å². The average Bonchev–Trinajstić information content (AvgIpc) is 3.01. The largest absolute Gasteiger partial charge is 0.433 e. The van der Waals surface area contributed by atoms with E-state index in [9.17, 15) is 0 Å². The number of rotatable bonds is 3. The molecule has 6 heteroatoms. The number of likely N-dealkylation sites (N-methyl/N-ethyl adjacent to an activating group) is 1. The summed E-state index contributed by atoms with van der Waals surface area (Å²) in [7, 11) is 0. The number of hydrogen-bond acceptors (Lipinski definition) is 4. The summed E-state index contributed by atoms with van der Waals surface area (Å²) in [6.45, 7) is 6.07. The van der Waals surface area contributed by atoms with Crippen LogP contribution in [0, 0.1) is 0 Å². The molecule has 22 heavy (non-hydrogen) atoms. The molecule has 2 aliphatic rings. The van der Waals surface area contributed by atoms with Gasteiger partial charge < -0.3 is 14.5 Å². The molecule has 1 fully saturated rings. The second-order valence-corrected chi connectivity index (χ2v) is 7.47. The Morgan fingerprint density at radius 3 is 2.73 bits per heavy atom. The van der Waals surface area contributed by atoms with Crippen molar-refractivity contribution in [2.45, 2.75) is 22.8 Å². The van der Waals surface area contributed by atoms with Crippen LogP contribution in [0.25, 0.3) is 0 Å². The summed E-state index contributed by atoms with van der Waals surface area (Å²) in [5.41, 5.74) is 1.28. The van der Waals surface area contributed by atoms with E-state index in [-0.39, 0.29) is 4.05 Å². The summed E-state index contributed by atoms with van der Waals surface area (Å²) in [5, 5.41) is 1.80. The number of fused-ring (bicyclic) bond motifs is 1. The number of thioether (sulfide) groups is 1. The van der Waals surface area contributed by atoms with Gasteiger partial charge in [0, 0.05) is 18.0 Å². The minimum absolute atomic E-state index is 0.177. The number of hydrogen-bond donors (Lipinski definition) is 0. The minimum Gasteiger partial charge on any atom is -0.433 e. The first kappa shape index (κ1) is 16.1. The predicted octanol–water partition coefficient (Wildman–Crippen LogP) is 4.74. The Bertz CT molecular complexity index is 659. The molecule has 1 atom stereocenters. The fourth-order valence-corrected chi connectivity index (χ4v) is 5.14. The molecule has 3 rings (SSSR count). The van der Waals surface area contributed by atoms with Crippen molar-refractivity contribution in [2.24, 2.45) is 0 Å². The summed E-state index contributed by atoms with van der Waals surface area (Å²) >= 11 is 9.43.